The van der Waals surface area contributed by atoms with E-state index in [-0.39, 0.29) is 35.7 Å². The molecular formula is C26H33FN4O3. The van der Waals surface area contributed by atoms with Crippen LogP contribution in [0.15, 0.2) is 41.3 Å². The van der Waals surface area contributed by atoms with Gasteiger partial charge >= 0.3 is 0 Å². The number of rotatable bonds is 7. The molecule has 8 heteroatoms. The maximum absolute atomic E-state index is 13.8. The number of benzene rings is 1. The summed E-state index contributed by atoms with van der Waals surface area (Å²) in [5, 5.41) is 5.96. The lowest BCUT2D eigenvalue weighted by atomic mass is 9.83. The zero-order chi connectivity index (χ0) is 24.2. The monoisotopic (exact) mass is 468 g/mol. The Kier molecular flexibility index (Phi) is 7.46. The van der Waals surface area contributed by atoms with Crippen LogP contribution in [0.1, 0.15) is 50.2 Å². The SMILES string of the molecule is CN[C@@H](C)C(=O)N[C@H](C(=O)N1CCc2cc(=O)n(Cc3ccc(F)cc3)cc21)C1CCCCC1. The van der Waals surface area contributed by atoms with Crippen molar-refractivity contribution in [2.75, 3.05) is 18.5 Å². The van der Waals surface area contributed by atoms with Gasteiger partial charge in [-0.15, -0.1) is 0 Å². The molecule has 2 aromatic rings. The molecule has 1 aliphatic carbocycles. The quantitative estimate of drug-likeness (QED) is 0.654. The molecule has 34 heavy (non-hydrogen) atoms. The smallest absolute Gasteiger partial charge is 0.251 e. The van der Waals surface area contributed by atoms with Crippen LogP contribution < -0.4 is 21.1 Å². The molecule has 1 fully saturated rings. The van der Waals surface area contributed by atoms with Crippen LogP contribution in [0.3, 0.4) is 0 Å². The minimum Gasteiger partial charge on any atom is -0.343 e. The lowest BCUT2D eigenvalue weighted by molar-refractivity contribution is -0.130. The Balaban J connectivity index is 1.60. The second-order valence-corrected chi connectivity index (χ2v) is 9.41. The van der Waals surface area contributed by atoms with Gasteiger partial charge in [-0.1, -0.05) is 31.4 Å². The average molecular weight is 469 g/mol. The van der Waals surface area contributed by atoms with E-state index < -0.39 is 12.1 Å². The standard InChI is InChI=1S/C26H33FN4O3/c1-17(28-2)25(33)29-24(19-6-4-3-5-7-19)26(34)31-13-12-20-14-23(32)30(16-22(20)31)15-18-8-10-21(27)11-9-18/h8-11,14,16-17,19,24,28H,3-7,12-13,15H2,1-2H3,(H,29,33)/t17-,24-/m0/s1. The first-order chi connectivity index (χ1) is 16.4. The predicted octanol–water partition coefficient (Wildman–Crippen LogP) is 2.60. The summed E-state index contributed by atoms with van der Waals surface area (Å²) in [6, 6.07) is 6.63. The number of nitrogens with one attached hydrogen (secondary N) is 2. The number of nitrogens with zero attached hydrogens (tertiary/aromatic N) is 2. The number of hydrogen-bond acceptors (Lipinski definition) is 4. The Morgan fingerprint density at radius 2 is 1.85 bits per heavy atom. The van der Waals surface area contributed by atoms with Crippen molar-refractivity contribution in [3.63, 3.8) is 0 Å². The van der Waals surface area contributed by atoms with E-state index in [1.54, 1.807) is 47.8 Å². The number of carbonyl (C=O) groups excluding carboxylic acids is 2. The topological polar surface area (TPSA) is 83.4 Å². The lowest BCUT2D eigenvalue weighted by Crippen LogP contribution is -2.55. The summed E-state index contributed by atoms with van der Waals surface area (Å²) in [7, 11) is 1.72. The molecule has 2 atom stereocenters. The highest BCUT2D eigenvalue weighted by atomic mass is 19.1. The van der Waals surface area contributed by atoms with Crippen LogP contribution >= 0.6 is 0 Å². The van der Waals surface area contributed by atoms with E-state index in [9.17, 15) is 18.8 Å². The van der Waals surface area contributed by atoms with E-state index in [2.05, 4.69) is 10.6 Å². The maximum Gasteiger partial charge on any atom is 0.251 e. The summed E-state index contributed by atoms with van der Waals surface area (Å²) in [6.07, 6.45) is 7.42. The molecule has 0 radical (unpaired) electrons. The van der Waals surface area contributed by atoms with Crippen molar-refractivity contribution in [2.24, 2.45) is 5.92 Å². The van der Waals surface area contributed by atoms with Gasteiger partial charge in [-0.2, -0.15) is 0 Å². The van der Waals surface area contributed by atoms with E-state index in [0.29, 0.717) is 18.7 Å². The number of anilines is 1. The molecule has 7 nitrogen and oxygen atoms in total. The van der Waals surface area contributed by atoms with E-state index >= 15 is 0 Å². The Morgan fingerprint density at radius 3 is 2.53 bits per heavy atom. The van der Waals surface area contributed by atoms with Crippen molar-refractivity contribution < 1.29 is 14.0 Å². The van der Waals surface area contributed by atoms with Crippen LogP contribution in [-0.4, -0.2) is 42.1 Å². The number of fused-ring (bicyclic) bond motifs is 1. The van der Waals surface area contributed by atoms with Gasteiger partial charge in [0, 0.05) is 18.8 Å². The average Bonchev–Trinajstić information content (AvgIpc) is 3.26. The first-order valence-corrected chi connectivity index (χ1v) is 12.1. The van der Waals surface area contributed by atoms with Gasteiger partial charge in [0.05, 0.1) is 18.3 Å². The van der Waals surface area contributed by atoms with Crippen LogP contribution in [0.25, 0.3) is 0 Å². The molecule has 1 saturated carbocycles. The number of amides is 2. The number of aromatic nitrogens is 1. The highest BCUT2D eigenvalue weighted by molar-refractivity contribution is 6.01. The number of hydrogen-bond donors (Lipinski definition) is 2. The van der Waals surface area contributed by atoms with Crippen molar-refractivity contribution in [1.29, 1.82) is 0 Å². The molecule has 2 heterocycles. The summed E-state index contributed by atoms with van der Waals surface area (Å²) >= 11 is 0. The van der Waals surface area contributed by atoms with Gasteiger partial charge < -0.3 is 20.1 Å². The Morgan fingerprint density at radius 1 is 1.15 bits per heavy atom. The Labute approximate surface area is 199 Å². The summed E-state index contributed by atoms with van der Waals surface area (Å²) in [4.78, 5) is 40.9. The van der Waals surface area contributed by atoms with Crippen LogP contribution in [0.4, 0.5) is 10.1 Å². The molecule has 1 aliphatic heterocycles. The van der Waals surface area contributed by atoms with E-state index in [1.807, 2.05) is 0 Å². The zero-order valence-corrected chi connectivity index (χ0v) is 19.9. The lowest BCUT2D eigenvalue weighted by Gasteiger charge is -2.33. The van der Waals surface area contributed by atoms with E-state index in [1.165, 1.54) is 12.1 Å². The van der Waals surface area contributed by atoms with Crippen molar-refractivity contribution in [3.8, 4) is 0 Å². The molecule has 0 saturated heterocycles. The predicted molar refractivity (Wildman–Crippen MR) is 129 cm³/mol. The van der Waals surface area contributed by atoms with Crippen molar-refractivity contribution in [1.82, 2.24) is 15.2 Å². The van der Waals surface area contributed by atoms with Crippen LogP contribution in [-0.2, 0) is 22.6 Å². The van der Waals surface area contributed by atoms with Crippen molar-refractivity contribution in [3.05, 3.63) is 63.8 Å². The molecule has 0 spiro atoms. The number of pyridine rings is 1. The van der Waals surface area contributed by atoms with Gasteiger partial charge in [0.1, 0.15) is 11.9 Å². The fraction of sp³-hybridized carbons (Fsp3) is 0.500. The molecule has 1 aromatic heterocycles. The summed E-state index contributed by atoms with van der Waals surface area (Å²) in [5.41, 5.74) is 2.19. The van der Waals surface area contributed by atoms with Gasteiger partial charge in [0.2, 0.25) is 11.8 Å². The third-order valence-electron chi connectivity index (χ3n) is 7.13. The molecule has 2 amide bonds. The molecule has 2 aliphatic rings. The minimum atomic E-state index is -0.591. The molecule has 2 N–H and O–H groups in total. The minimum absolute atomic E-state index is 0.100. The van der Waals surface area contributed by atoms with Crippen LogP contribution in [0.2, 0.25) is 0 Å². The van der Waals surface area contributed by atoms with E-state index in [4.69, 9.17) is 0 Å². The number of carbonyl (C=O) groups is 2. The third kappa shape index (κ3) is 5.22. The fourth-order valence-corrected chi connectivity index (χ4v) is 4.96. The first kappa shape index (κ1) is 24.1. The van der Waals surface area contributed by atoms with Gasteiger partial charge in [-0.3, -0.25) is 14.4 Å². The normalized spacial score (nSPS) is 17.8. The van der Waals surface area contributed by atoms with Gasteiger partial charge in [-0.25, -0.2) is 4.39 Å². The molecule has 4 rings (SSSR count). The molecule has 0 unspecified atom stereocenters. The molecule has 1 aromatic carbocycles. The summed E-state index contributed by atoms with van der Waals surface area (Å²) in [6.45, 7) is 2.54. The largest absolute Gasteiger partial charge is 0.343 e. The maximum atomic E-state index is 13.8. The van der Waals surface area contributed by atoms with Crippen molar-refractivity contribution in [2.45, 2.75) is 64.1 Å². The number of likely N-dealkylation sites (N-methyl/N-ethyl adjacent to an activating group) is 1. The highest BCUT2D eigenvalue weighted by Crippen LogP contribution is 2.32. The third-order valence-corrected chi connectivity index (χ3v) is 7.13. The second-order valence-electron chi connectivity index (χ2n) is 9.41. The second kappa shape index (κ2) is 10.5. The molecule has 0 bridgehead atoms. The number of halogens is 1. The van der Waals surface area contributed by atoms with Crippen molar-refractivity contribution >= 4 is 17.5 Å². The zero-order valence-electron chi connectivity index (χ0n) is 19.9. The fourth-order valence-electron chi connectivity index (χ4n) is 4.96. The van der Waals surface area contributed by atoms with Crippen LogP contribution in [0.5, 0.6) is 0 Å². The Hall–Kier alpha value is -3.00. The Bertz CT molecular complexity index is 1090. The van der Waals surface area contributed by atoms with E-state index in [0.717, 1.165) is 43.2 Å². The van der Waals surface area contributed by atoms with Gasteiger partial charge in [-0.05, 0) is 62.4 Å². The van der Waals surface area contributed by atoms with Gasteiger partial charge in [0.15, 0.2) is 0 Å². The van der Waals surface area contributed by atoms with Gasteiger partial charge in [0.25, 0.3) is 5.56 Å². The molecular weight excluding hydrogens is 435 g/mol. The molecule has 182 valence electrons. The summed E-state index contributed by atoms with van der Waals surface area (Å²) < 4.78 is 14.8. The van der Waals surface area contributed by atoms with Crippen LogP contribution in [0, 0.1) is 11.7 Å². The summed E-state index contributed by atoms with van der Waals surface area (Å²) in [5.74, 6) is -0.532. The first-order valence-electron chi connectivity index (χ1n) is 12.1. The highest BCUT2D eigenvalue weighted by Gasteiger charge is 2.37.